The van der Waals surface area contributed by atoms with Gasteiger partial charge < -0.3 is 11.1 Å². The van der Waals surface area contributed by atoms with Crippen LogP contribution in [-0.2, 0) is 0 Å². The number of carbonyl (C=O) groups is 1. The molecule has 4 nitrogen and oxygen atoms in total. The van der Waals surface area contributed by atoms with Gasteiger partial charge in [-0.2, -0.15) is 0 Å². The molecule has 0 bridgehead atoms. The monoisotopic (exact) mass is 233 g/mol. The van der Waals surface area contributed by atoms with Gasteiger partial charge in [0.15, 0.2) is 0 Å². The van der Waals surface area contributed by atoms with Crippen molar-refractivity contribution in [2.45, 2.75) is 32.6 Å². The molecule has 4 heteroatoms. The van der Waals surface area contributed by atoms with Crippen LogP contribution in [0.3, 0.4) is 0 Å². The van der Waals surface area contributed by atoms with Crippen LogP contribution in [-0.4, -0.2) is 17.4 Å². The normalized spacial score (nSPS) is 15.0. The zero-order chi connectivity index (χ0) is 12.4. The summed E-state index contributed by atoms with van der Waals surface area (Å²) in [4.78, 5) is 16.1. The molecular formula is C13H19N3O. The highest BCUT2D eigenvalue weighted by atomic mass is 16.1. The molecule has 0 spiro atoms. The standard InChI is InChI=1S/C13H19N3O/c1-8(2)11-5-10(6-12(14)16-11)13(17)15-7-9-3-4-9/h5-6,8-9H,3-4,7H2,1-2H3,(H2,14,16)(H,15,17). The first-order valence-electron chi connectivity index (χ1n) is 6.12. The van der Waals surface area contributed by atoms with E-state index in [-0.39, 0.29) is 11.8 Å². The second-order valence-electron chi connectivity index (χ2n) is 5.01. The molecule has 17 heavy (non-hydrogen) atoms. The number of hydrogen-bond donors (Lipinski definition) is 2. The van der Waals surface area contributed by atoms with E-state index in [9.17, 15) is 4.79 Å². The van der Waals surface area contributed by atoms with E-state index < -0.39 is 0 Å². The highest BCUT2D eigenvalue weighted by molar-refractivity contribution is 5.94. The fourth-order valence-corrected chi connectivity index (χ4v) is 1.66. The SMILES string of the molecule is CC(C)c1cc(C(=O)NCC2CC2)cc(N)n1. The van der Waals surface area contributed by atoms with E-state index in [4.69, 9.17) is 5.73 Å². The highest BCUT2D eigenvalue weighted by Crippen LogP contribution is 2.27. The number of carbonyl (C=O) groups excluding carboxylic acids is 1. The van der Waals surface area contributed by atoms with Crippen molar-refractivity contribution in [3.05, 3.63) is 23.4 Å². The summed E-state index contributed by atoms with van der Waals surface area (Å²) in [6.07, 6.45) is 2.46. The average molecular weight is 233 g/mol. The van der Waals surface area contributed by atoms with Gasteiger partial charge in [-0.05, 0) is 36.8 Å². The summed E-state index contributed by atoms with van der Waals surface area (Å²) in [6, 6.07) is 3.46. The predicted octanol–water partition coefficient (Wildman–Crippen LogP) is 1.93. The molecule has 1 aromatic heterocycles. The third-order valence-corrected chi connectivity index (χ3v) is 2.97. The summed E-state index contributed by atoms with van der Waals surface area (Å²) in [6.45, 7) is 4.85. The Bertz CT molecular complexity index is 425. The van der Waals surface area contributed by atoms with E-state index in [1.54, 1.807) is 6.07 Å². The fraction of sp³-hybridized carbons (Fsp3) is 0.538. The van der Waals surface area contributed by atoms with Crippen molar-refractivity contribution in [1.82, 2.24) is 10.3 Å². The maximum absolute atomic E-state index is 11.9. The molecular weight excluding hydrogens is 214 g/mol. The molecule has 92 valence electrons. The number of nitrogen functional groups attached to an aromatic ring is 1. The minimum absolute atomic E-state index is 0.0482. The second-order valence-corrected chi connectivity index (χ2v) is 5.01. The number of amides is 1. The molecule has 0 radical (unpaired) electrons. The van der Waals surface area contributed by atoms with Gasteiger partial charge >= 0.3 is 0 Å². The summed E-state index contributed by atoms with van der Waals surface area (Å²) < 4.78 is 0. The van der Waals surface area contributed by atoms with Crippen LogP contribution in [0.2, 0.25) is 0 Å². The van der Waals surface area contributed by atoms with Gasteiger partial charge in [0.05, 0.1) is 0 Å². The van der Waals surface area contributed by atoms with Crippen LogP contribution in [0.25, 0.3) is 0 Å². The summed E-state index contributed by atoms with van der Waals surface area (Å²) in [5.74, 6) is 1.32. The molecule has 0 atom stereocenters. The number of aromatic nitrogens is 1. The zero-order valence-electron chi connectivity index (χ0n) is 10.4. The molecule has 0 unspecified atom stereocenters. The lowest BCUT2D eigenvalue weighted by atomic mass is 10.1. The van der Waals surface area contributed by atoms with E-state index in [2.05, 4.69) is 10.3 Å². The Morgan fingerprint density at radius 3 is 2.82 bits per heavy atom. The smallest absolute Gasteiger partial charge is 0.251 e. The van der Waals surface area contributed by atoms with Crippen molar-refractivity contribution >= 4 is 11.7 Å². The molecule has 0 aromatic carbocycles. The Morgan fingerprint density at radius 2 is 2.24 bits per heavy atom. The largest absolute Gasteiger partial charge is 0.384 e. The molecule has 0 aliphatic heterocycles. The number of nitrogens with zero attached hydrogens (tertiary/aromatic N) is 1. The van der Waals surface area contributed by atoms with Crippen molar-refractivity contribution in [3.8, 4) is 0 Å². The molecule has 1 saturated carbocycles. The first-order valence-corrected chi connectivity index (χ1v) is 6.12. The lowest BCUT2D eigenvalue weighted by molar-refractivity contribution is 0.0951. The van der Waals surface area contributed by atoms with Crippen LogP contribution in [0, 0.1) is 5.92 Å². The molecule has 1 amide bonds. The van der Waals surface area contributed by atoms with Gasteiger partial charge in [0.2, 0.25) is 0 Å². The summed E-state index contributed by atoms with van der Waals surface area (Å²) in [5, 5.41) is 2.93. The van der Waals surface area contributed by atoms with E-state index in [1.165, 1.54) is 12.8 Å². The molecule has 2 rings (SSSR count). The topological polar surface area (TPSA) is 68.0 Å². The second kappa shape index (κ2) is 4.73. The van der Waals surface area contributed by atoms with Gasteiger partial charge in [0.25, 0.3) is 5.91 Å². The fourth-order valence-electron chi connectivity index (χ4n) is 1.66. The number of nitrogens with one attached hydrogen (secondary N) is 1. The van der Waals surface area contributed by atoms with Crippen LogP contribution in [0.5, 0.6) is 0 Å². The molecule has 0 saturated heterocycles. The first-order chi connectivity index (χ1) is 8.06. The van der Waals surface area contributed by atoms with Gasteiger partial charge in [-0.1, -0.05) is 13.8 Å². The summed E-state index contributed by atoms with van der Waals surface area (Å²) in [7, 11) is 0. The Hall–Kier alpha value is -1.58. The molecule has 1 aromatic rings. The third kappa shape index (κ3) is 3.19. The van der Waals surface area contributed by atoms with E-state index in [0.29, 0.717) is 17.3 Å². The van der Waals surface area contributed by atoms with Crippen molar-refractivity contribution < 1.29 is 4.79 Å². The van der Waals surface area contributed by atoms with Gasteiger partial charge in [0, 0.05) is 17.8 Å². The van der Waals surface area contributed by atoms with E-state index >= 15 is 0 Å². The van der Waals surface area contributed by atoms with E-state index in [0.717, 1.165) is 12.2 Å². The van der Waals surface area contributed by atoms with Crippen LogP contribution < -0.4 is 11.1 Å². The van der Waals surface area contributed by atoms with Crippen LogP contribution in [0.4, 0.5) is 5.82 Å². The molecule has 1 heterocycles. The van der Waals surface area contributed by atoms with Crippen LogP contribution in [0.15, 0.2) is 12.1 Å². The number of anilines is 1. The minimum Gasteiger partial charge on any atom is -0.384 e. The first kappa shape index (κ1) is 11.9. The number of pyridine rings is 1. The van der Waals surface area contributed by atoms with Crippen molar-refractivity contribution in [1.29, 1.82) is 0 Å². The lowest BCUT2D eigenvalue weighted by Crippen LogP contribution is -2.26. The number of nitrogens with two attached hydrogens (primary N) is 1. The molecule has 1 fully saturated rings. The van der Waals surface area contributed by atoms with Gasteiger partial charge in [-0.25, -0.2) is 4.98 Å². The molecule has 3 N–H and O–H groups in total. The van der Waals surface area contributed by atoms with Gasteiger partial charge in [-0.3, -0.25) is 4.79 Å². The van der Waals surface area contributed by atoms with Crippen LogP contribution in [0.1, 0.15) is 48.7 Å². The minimum atomic E-state index is -0.0482. The van der Waals surface area contributed by atoms with Crippen molar-refractivity contribution in [2.24, 2.45) is 5.92 Å². The van der Waals surface area contributed by atoms with Crippen molar-refractivity contribution in [3.63, 3.8) is 0 Å². The zero-order valence-corrected chi connectivity index (χ0v) is 10.4. The summed E-state index contributed by atoms with van der Waals surface area (Å²) >= 11 is 0. The van der Waals surface area contributed by atoms with Crippen LogP contribution >= 0.6 is 0 Å². The number of hydrogen-bond acceptors (Lipinski definition) is 3. The Labute approximate surface area is 102 Å². The molecule has 1 aliphatic rings. The number of rotatable bonds is 4. The third-order valence-electron chi connectivity index (χ3n) is 2.97. The summed E-state index contributed by atoms with van der Waals surface area (Å²) in [5.41, 5.74) is 7.19. The average Bonchev–Trinajstić information content (AvgIpc) is 3.08. The van der Waals surface area contributed by atoms with Gasteiger partial charge in [0.1, 0.15) is 5.82 Å². The predicted molar refractivity (Wildman–Crippen MR) is 67.8 cm³/mol. The molecule has 1 aliphatic carbocycles. The lowest BCUT2D eigenvalue weighted by Gasteiger charge is -2.09. The Morgan fingerprint density at radius 1 is 1.53 bits per heavy atom. The van der Waals surface area contributed by atoms with E-state index in [1.807, 2.05) is 19.9 Å². The maximum Gasteiger partial charge on any atom is 0.251 e. The Kier molecular flexibility index (Phi) is 3.31. The maximum atomic E-state index is 11.9. The van der Waals surface area contributed by atoms with Gasteiger partial charge in [-0.15, -0.1) is 0 Å². The quantitative estimate of drug-likeness (QED) is 0.835. The van der Waals surface area contributed by atoms with Crippen molar-refractivity contribution in [2.75, 3.05) is 12.3 Å². The Balaban J connectivity index is 2.09. The highest BCUT2D eigenvalue weighted by Gasteiger charge is 2.22.